The Labute approximate surface area is 236 Å². The molecule has 0 radical (unpaired) electrons. The molecule has 0 unspecified atom stereocenters. The molecule has 3 N–H and O–H groups in total. The molecule has 212 valence electrons. The van der Waals surface area contributed by atoms with E-state index in [2.05, 4.69) is 5.32 Å². The largest absolute Gasteiger partial charge is 0.497 e. The Kier molecular flexibility index (Phi) is 11.8. The van der Waals surface area contributed by atoms with Gasteiger partial charge in [-0.25, -0.2) is 0 Å². The van der Waals surface area contributed by atoms with Crippen LogP contribution in [0.1, 0.15) is 20.7 Å². The van der Waals surface area contributed by atoms with Crippen LogP contribution in [0.3, 0.4) is 0 Å². The minimum absolute atomic E-state index is 0.138. The molecule has 0 aliphatic heterocycles. The van der Waals surface area contributed by atoms with Crippen LogP contribution in [0.15, 0.2) is 91.0 Å². The maximum atomic E-state index is 13.4. The summed E-state index contributed by atoms with van der Waals surface area (Å²) in [6, 6.07) is 21.5. The van der Waals surface area contributed by atoms with E-state index in [1.165, 1.54) is 19.2 Å². The Hall–Kier alpha value is -5.43. The minimum atomic E-state index is -1.01. The summed E-state index contributed by atoms with van der Waals surface area (Å²) in [5.74, 6) is -1.76. The lowest BCUT2D eigenvalue weighted by Crippen LogP contribution is -2.12. The van der Waals surface area contributed by atoms with Crippen LogP contribution in [0.5, 0.6) is 5.75 Å². The SMILES string of the molecule is COc1ccc(C(=O)Nc2ccc([N+](=O)[O-])c(F)c2)cc1.Nc1ccc([N+](=O)[O-])c(F)c1.O=C(Cl)c1ccccc1. The predicted octanol–water partition coefficient (Wildman–Crippen LogP) is 6.38. The van der Waals surface area contributed by atoms with Crippen LogP contribution in [0.25, 0.3) is 0 Å². The van der Waals surface area contributed by atoms with Gasteiger partial charge in [-0.05, 0) is 48.0 Å². The average Bonchev–Trinajstić information content (AvgIpc) is 2.94. The molecule has 0 bridgehead atoms. The topological polar surface area (TPSA) is 168 Å². The van der Waals surface area contributed by atoms with Gasteiger partial charge in [0.25, 0.3) is 11.1 Å². The van der Waals surface area contributed by atoms with Crippen LogP contribution in [0, 0.1) is 31.9 Å². The van der Waals surface area contributed by atoms with Crippen molar-refractivity contribution in [1.82, 2.24) is 0 Å². The molecule has 0 atom stereocenters. The summed E-state index contributed by atoms with van der Waals surface area (Å²) in [7, 11) is 1.51. The van der Waals surface area contributed by atoms with Crippen molar-refractivity contribution in [3.05, 3.63) is 134 Å². The van der Waals surface area contributed by atoms with Gasteiger partial charge in [-0.15, -0.1) is 0 Å². The normalized spacial score (nSPS) is 9.66. The van der Waals surface area contributed by atoms with E-state index >= 15 is 0 Å². The number of anilines is 2. The predicted molar refractivity (Wildman–Crippen MR) is 148 cm³/mol. The zero-order valence-corrected chi connectivity index (χ0v) is 21.9. The lowest BCUT2D eigenvalue weighted by Gasteiger charge is -2.06. The number of nitrogens with zero attached hydrogens (tertiary/aromatic N) is 2. The number of benzene rings is 4. The standard InChI is InChI=1S/C14H11FN2O4.C7H5ClO.C6H5FN2O2/c1-21-11-5-2-9(3-6-11)14(18)16-10-4-7-13(17(19)20)12(15)8-10;8-7(9)6-4-2-1-3-5-6;7-5-3-4(8)1-2-6(5)9(10)11/h2-8H,1H3,(H,16,18);1-5H;1-3H,8H2. The molecule has 0 aliphatic carbocycles. The number of rotatable bonds is 6. The third-order valence-electron chi connectivity index (χ3n) is 4.92. The molecule has 0 aliphatic rings. The second kappa shape index (κ2) is 15.2. The van der Waals surface area contributed by atoms with E-state index in [0.717, 1.165) is 24.3 Å². The fourth-order valence-electron chi connectivity index (χ4n) is 2.92. The Morgan fingerprint density at radius 2 is 1.34 bits per heavy atom. The molecule has 0 aromatic heterocycles. The van der Waals surface area contributed by atoms with Gasteiger partial charge >= 0.3 is 11.4 Å². The number of nitro benzene ring substituents is 2. The number of halogens is 3. The first-order chi connectivity index (χ1) is 19.4. The monoisotopic (exact) mass is 586 g/mol. The molecular weight excluding hydrogens is 566 g/mol. The summed E-state index contributed by atoms with van der Waals surface area (Å²) >= 11 is 5.16. The fourth-order valence-corrected chi connectivity index (χ4v) is 3.04. The van der Waals surface area contributed by atoms with Crippen LogP contribution >= 0.6 is 11.6 Å². The first-order valence-corrected chi connectivity index (χ1v) is 11.6. The zero-order chi connectivity index (χ0) is 30.5. The number of ether oxygens (including phenoxy) is 1. The number of hydrogen-bond acceptors (Lipinski definition) is 8. The van der Waals surface area contributed by atoms with Crippen molar-refractivity contribution in [1.29, 1.82) is 0 Å². The molecule has 1 amide bonds. The molecule has 11 nitrogen and oxygen atoms in total. The lowest BCUT2D eigenvalue weighted by molar-refractivity contribution is -0.387. The molecule has 0 saturated carbocycles. The average molecular weight is 587 g/mol. The maximum Gasteiger partial charge on any atom is 0.304 e. The van der Waals surface area contributed by atoms with Gasteiger partial charge in [-0.2, -0.15) is 8.78 Å². The summed E-state index contributed by atoms with van der Waals surface area (Å²) in [5.41, 5.74) is 5.18. The van der Waals surface area contributed by atoms with Crippen molar-refractivity contribution in [2.45, 2.75) is 0 Å². The molecule has 0 fully saturated rings. The number of nitrogens with two attached hydrogens (primary N) is 1. The Morgan fingerprint density at radius 1 is 0.805 bits per heavy atom. The summed E-state index contributed by atoms with van der Waals surface area (Å²) in [4.78, 5) is 41.3. The van der Waals surface area contributed by atoms with Crippen LogP contribution in [-0.4, -0.2) is 28.1 Å². The number of nitrogens with one attached hydrogen (secondary N) is 1. The van der Waals surface area contributed by atoms with E-state index in [4.69, 9.17) is 22.1 Å². The number of methoxy groups -OCH3 is 1. The summed E-state index contributed by atoms with van der Waals surface area (Å²) < 4.78 is 31.0. The van der Waals surface area contributed by atoms with Gasteiger partial charge in [-0.3, -0.25) is 29.8 Å². The summed E-state index contributed by atoms with van der Waals surface area (Å²) in [6.45, 7) is 0. The van der Waals surface area contributed by atoms with Gasteiger partial charge in [0, 0.05) is 46.8 Å². The van der Waals surface area contributed by atoms with Gasteiger partial charge in [0.2, 0.25) is 11.6 Å². The lowest BCUT2D eigenvalue weighted by atomic mass is 10.2. The van der Waals surface area contributed by atoms with Crippen molar-refractivity contribution < 1.29 is 33.0 Å². The van der Waals surface area contributed by atoms with Crippen molar-refractivity contribution in [2.75, 3.05) is 18.2 Å². The van der Waals surface area contributed by atoms with E-state index in [1.807, 2.05) is 6.07 Å². The number of nitrogen functional groups attached to an aromatic ring is 1. The van der Waals surface area contributed by atoms with Gasteiger partial charge in [0.05, 0.1) is 17.0 Å². The van der Waals surface area contributed by atoms with Gasteiger partial charge < -0.3 is 15.8 Å². The van der Waals surface area contributed by atoms with Crippen LogP contribution in [-0.2, 0) is 0 Å². The highest BCUT2D eigenvalue weighted by molar-refractivity contribution is 6.67. The third-order valence-corrected chi connectivity index (χ3v) is 5.14. The fraction of sp³-hybridized carbons (Fsp3) is 0.0370. The molecule has 14 heteroatoms. The first-order valence-electron chi connectivity index (χ1n) is 11.3. The van der Waals surface area contributed by atoms with Crippen LogP contribution in [0.2, 0.25) is 0 Å². The highest BCUT2D eigenvalue weighted by Gasteiger charge is 2.15. The van der Waals surface area contributed by atoms with Gasteiger partial charge in [0.15, 0.2) is 0 Å². The van der Waals surface area contributed by atoms with Crippen LogP contribution in [0.4, 0.5) is 31.5 Å². The van der Waals surface area contributed by atoms with E-state index in [-0.39, 0.29) is 11.4 Å². The number of nitro groups is 2. The van der Waals surface area contributed by atoms with Gasteiger partial charge in [0.1, 0.15) is 5.75 Å². The number of hydrogen-bond donors (Lipinski definition) is 2. The molecule has 4 aromatic carbocycles. The number of carbonyl (C=O) groups excluding carboxylic acids is 2. The van der Waals surface area contributed by atoms with Crippen molar-refractivity contribution in [3.63, 3.8) is 0 Å². The number of carbonyl (C=O) groups is 2. The molecule has 0 saturated heterocycles. The van der Waals surface area contributed by atoms with Crippen molar-refractivity contribution in [3.8, 4) is 5.75 Å². The Morgan fingerprint density at radius 3 is 1.78 bits per heavy atom. The van der Waals surface area contributed by atoms with Crippen LogP contribution < -0.4 is 15.8 Å². The smallest absolute Gasteiger partial charge is 0.304 e. The number of amides is 1. The molecular formula is C27H21ClF2N4O7. The van der Waals surface area contributed by atoms with Gasteiger partial charge in [-0.1, -0.05) is 30.3 Å². The maximum absolute atomic E-state index is 13.4. The molecule has 0 heterocycles. The van der Waals surface area contributed by atoms with E-state index in [0.29, 0.717) is 16.9 Å². The highest BCUT2D eigenvalue weighted by Crippen LogP contribution is 2.22. The summed E-state index contributed by atoms with van der Waals surface area (Å²) in [5, 5.41) is 22.6. The van der Waals surface area contributed by atoms with E-state index in [9.17, 15) is 38.6 Å². The minimum Gasteiger partial charge on any atom is -0.497 e. The molecule has 4 rings (SSSR count). The highest BCUT2D eigenvalue weighted by atomic mass is 35.5. The third kappa shape index (κ3) is 10.00. The molecule has 0 spiro atoms. The zero-order valence-electron chi connectivity index (χ0n) is 21.1. The molecule has 4 aromatic rings. The van der Waals surface area contributed by atoms with Crippen molar-refractivity contribution in [2.24, 2.45) is 0 Å². The second-order valence-corrected chi connectivity index (χ2v) is 8.06. The first kappa shape index (κ1) is 31.8. The Bertz CT molecular complexity index is 1540. The quantitative estimate of drug-likeness (QED) is 0.114. The van der Waals surface area contributed by atoms with Crippen molar-refractivity contribution >= 4 is 45.5 Å². The van der Waals surface area contributed by atoms with E-state index < -0.39 is 44.0 Å². The molecule has 41 heavy (non-hydrogen) atoms. The second-order valence-electron chi connectivity index (χ2n) is 7.71. The Balaban J connectivity index is 0.000000245. The van der Waals surface area contributed by atoms with E-state index in [1.54, 1.807) is 48.5 Å². The summed E-state index contributed by atoms with van der Waals surface area (Å²) in [6.07, 6.45) is 0.